The highest BCUT2D eigenvalue weighted by Crippen LogP contribution is 2.23. The number of rotatable bonds is 3. The molecule has 80 valence electrons. The van der Waals surface area contributed by atoms with Crippen molar-refractivity contribution in [1.29, 1.82) is 0 Å². The van der Waals surface area contributed by atoms with Gasteiger partial charge in [0.15, 0.2) is 6.61 Å². The summed E-state index contributed by atoms with van der Waals surface area (Å²) in [6.45, 7) is -0.258. The summed E-state index contributed by atoms with van der Waals surface area (Å²) in [4.78, 5) is 21.3. The molecule has 0 saturated heterocycles. The third-order valence-electron chi connectivity index (χ3n) is 1.46. The Morgan fingerprint density at radius 1 is 1.40 bits per heavy atom. The summed E-state index contributed by atoms with van der Waals surface area (Å²) in [5.41, 5.74) is 4.76. The van der Waals surface area contributed by atoms with Gasteiger partial charge >= 0.3 is 6.03 Å². The van der Waals surface area contributed by atoms with Crippen LogP contribution in [0.1, 0.15) is 0 Å². The molecule has 0 aliphatic rings. The number of para-hydroxylation sites is 1. The summed E-state index contributed by atoms with van der Waals surface area (Å²) in [6, 6.07) is 6.17. The molecule has 0 unspecified atom stereocenters. The third-order valence-corrected chi connectivity index (χ3v) is 2.11. The minimum absolute atomic E-state index is 0.258. The minimum atomic E-state index is -0.893. The molecule has 0 aliphatic carbocycles. The molecule has 6 heteroatoms. The number of ether oxygens (including phenoxy) is 1. The van der Waals surface area contributed by atoms with Crippen molar-refractivity contribution in [2.24, 2.45) is 5.73 Å². The molecule has 1 aromatic carbocycles. The lowest BCUT2D eigenvalue weighted by Crippen LogP contribution is -2.38. The SMILES string of the molecule is NC(=O)NC(=O)COc1ccccc1Br. The van der Waals surface area contributed by atoms with Crippen molar-refractivity contribution in [3.8, 4) is 5.75 Å². The highest BCUT2D eigenvalue weighted by molar-refractivity contribution is 9.10. The number of nitrogens with two attached hydrogens (primary N) is 1. The smallest absolute Gasteiger partial charge is 0.318 e. The first-order chi connectivity index (χ1) is 7.09. The van der Waals surface area contributed by atoms with E-state index in [9.17, 15) is 9.59 Å². The van der Waals surface area contributed by atoms with Gasteiger partial charge in [-0.2, -0.15) is 0 Å². The van der Waals surface area contributed by atoms with Crippen LogP contribution in [-0.4, -0.2) is 18.5 Å². The lowest BCUT2D eigenvalue weighted by molar-refractivity contribution is -0.121. The molecule has 0 bridgehead atoms. The van der Waals surface area contributed by atoms with E-state index >= 15 is 0 Å². The van der Waals surface area contributed by atoms with Gasteiger partial charge in [0, 0.05) is 0 Å². The Bertz CT molecular complexity index is 381. The number of halogens is 1. The molecule has 15 heavy (non-hydrogen) atoms. The van der Waals surface area contributed by atoms with Crippen LogP contribution >= 0.6 is 15.9 Å². The maximum atomic E-state index is 11.0. The lowest BCUT2D eigenvalue weighted by atomic mass is 10.3. The van der Waals surface area contributed by atoms with Gasteiger partial charge in [0.25, 0.3) is 5.91 Å². The number of urea groups is 1. The molecular formula is C9H9BrN2O3. The van der Waals surface area contributed by atoms with Gasteiger partial charge in [-0.15, -0.1) is 0 Å². The van der Waals surface area contributed by atoms with Crippen LogP contribution in [-0.2, 0) is 4.79 Å². The first-order valence-corrected chi connectivity index (χ1v) is 4.85. The van der Waals surface area contributed by atoms with E-state index in [-0.39, 0.29) is 6.61 Å². The number of carbonyl (C=O) groups is 2. The lowest BCUT2D eigenvalue weighted by Gasteiger charge is -2.06. The van der Waals surface area contributed by atoms with Crippen LogP contribution in [0.25, 0.3) is 0 Å². The van der Waals surface area contributed by atoms with Crippen molar-refractivity contribution in [2.75, 3.05) is 6.61 Å². The summed E-state index contributed by atoms with van der Waals surface area (Å²) >= 11 is 3.25. The number of hydrogen-bond donors (Lipinski definition) is 2. The average molecular weight is 273 g/mol. The van der Waals surface area contributed by atoms with Crippen molar-refractivity contribution in [1.82, 2.24) is 5.32 Å². The van der Waals surface area contributed by atoms with E-state index in [4.69, 9.17) is 10.5 Å². The maximum Gasteiger partial charge on any atom is 0.318 e. The Hall–Kier alpha value is -1.56. The van der Waals surface area contributed by atoms with E-state index in [1.165, 1.54) is 0 Å². The first kappa shape index (κ1) is 11.5. The van der Waals surface area contributed by atoms with Crippen LogP contribution in [0.4, 0.5) is 4.79 Å². The van der Waals surface area contributed by atoms with Crippen LogP contribution in [0.2, 0.25) is 0 Å². The molecule has 1 rings (SSSR count). The van der Waals surface area contributed by atoms with Gasteiger partial charge in [0.05, 0.1) is 4.47 Å². The fourth-order valence-electron chi connectivity index (χ4n) is 0.879. The van der Waals surface area contributed by atoms with Gasteiger partial charge in [-0.05, 0) is 28.1 Å². The van der Waals surface area contributed by atoms with Crippen LogP contribution < -0.4 is 15.8 Å². The van der Waals surface area contributed by atoms with Crippen molar-refractivity contribution in [3.05, 3.63) is 28.7 Å². The van der Waals surface area contributed by atoms with Crippen molar-refractivity contribution in [3.63, 3.8) is 0 Å². The summed E-state index contributed by atoms with van der Waals surface area (Å²) in [7, 11) is 0. The Kier molecular flexibility index (Phi) is 4.11. The standard InChI is InChI=1S/C9H9BrN2O3/c10-6-3-1-2-4-7(6)15-5-8(13)12-9(11)14/h1-4H,5H2,(H3,11,12,13,14). The second kappa shape index (κ2) is 5.35. The largest absolute Gasteiger partial charge is 0.483 e. The maximum absolute atomic E-state index is 11.0. The van der Waals surface area contributed by atoms with Crippen LogP contribution in [0, 0.1) is 0 Å². The van der Waals surface area contributed by atoms with Gasteiger partial charge in [0.1, 0.15) is 5.75 Å². The number of carbonyl (C=O) groups excluding carboxylic acids is 2. The topological polar surface area (TPSA) is 81.4 Å². The van der Waals surface area contributed by atoms with E-state index in [0.717, 1.165) is 4.47 Å². The molecule has 1 aromatic rings. The first-order valence-electron chi connectivity index (χ1n) is 4.06. The zero-order valence-electron chi connectivity index (χ0n) is 7.70. The Labute approximate surface area is 94.7 Å². The van der Waals surface area contributed by atoms with Crippen LogP contribution in [0.5, 0.6) is 5.75 Å². The number of imide groups is 1. The van der Waals surface area contributed by atoms with Crippen molar-refractivity contribution >= 4 is 27.9 Å². The number of hydrogen-bond acceptors (Lipinski definition) is 3. The second-order valence-electron chi connectivity index (χ2n) is 2.63. The van der Waals surface area contributed by atoms with E-state index < -0.39 is 11.9 Å². The molecule has 0 atom stereocenters. The number of nitrogens with one attached hydrogen (secondary N) is 1. The van der Waals surface area contributed by atoms with Gasteiger partial charge in [-0.3, -0.25) is 10.1 Å². The van der Waals surface area contributed by atoms with Crippen LogP contribution in [0.15, 0.2) is 28.7 Å². The number of benzene rings is 1. The summed E-state index contributed by atoms with van der Waals surface area (Å²) in [5, 5.41) is 1.89. The summed E-state index contributed by atoms with van der Waals surface area (Å²) in [5.74, 6) is -0.0598. The Morgan fingerprint density at radius 3 is 2.67 bits per heavy atom. The fourth-order valence-corrected chi connectivity index (χ4v) is 1.28. The Morgan fingerprint density at radius 2 is 2.07 bits per heavy atom. The minimum Gasteiger partial charge on any atom is -0.483 e. The number of amides is 3. The zero-order valence-corrected chi connectivity index (χ0v) is 9.28. The molecule has 5 nitrogen and oxygen atoms in total. The molecule has 0 aromatic heterocycles. The fraction of sp³-hybridized carbons (Fsp3) is 0.111. The molecule has 0 spiro atoms. The quantitative estimate of drug-likeness (QED) is 0.862. The summed E-state index contributed by atoms with van der Waals surface area (Å²) in [6.07, 6.45) is 0. The molecular weight excluding hydrogens is 264 g/mol. The molecule has 0 aliphatic heterocycles. The van der Waals surface area contributed by atoms with E-state index in [0.29, 0.717) is 5.75 Å². The van der Waals surface area contributed by atoms with Gasteiger partial charge in [-0.1, -0.05) is 12.1 Å². The highest BCUT2D eigenvalue weighted by atomic mass is 79.9. The predicted molar refractivity (Wildman–Crippen MR) is 57.4 cm³/mol. The average Bonchev–Trinajstić information content (AvgIpc) is 2.15. The molecule has 0 saturated carbocycles. The van der Waals surface area contributed by atoms with Gasteiger partial charge in [-0.25, -0.2) is 4.79 Å². The van der Waals surface area contributed by atoms with Gasteiger partial charge in [0.2, 0.25) is 0 Å². The summed E-state index contributed by atoms with van der Waals surface area (Å²) < 4.78 is 5.87. The Balaban J connectivity index is 2.47. The second-order valence-corrected chi connectivity index (χ2v) is 3.49. The normalized spacial score (nSPS) is 9.40. The molecule has 0 fully saturated rings. The van der Waals surface area contributed by atoms with Crippen molar-refractivity contribution < 1.29 is 14.3 Å². The zero-order chi connectivity index (χ0) is 11.3. The highest BCUT2D eigenvalue weighted by Gasteiger charge is 2.06. The molecule has 0 heterocycles. The molecule has 3 N–H and O–H groups in total. The van der Waals surface area contributed by atoms with E-state index in [2.05, 4.69) is 15.9 Å². The molecule has 3 amide bonds. The van der Waals surface area contributed by atoms with E-state index in [1.807, 2.05) is 11.4 Å². The van der Waals surface area contributed by atoms with Gasteiger partial charge < -0.3 is 10.5 Å². The van der Waals surface area contributed by atoms with Crippen LogP contribution in [0.3, 0.4) is 0 Å². The molecule has 0 radical (unpaired) electrons. The third kappa shape index (κ3) is 3.99. The van der Waals surface area contributed by atoms with Crippen molar-refractivity contribution in [2.45, 2.75) is 0 Å². The van der Waals surface area contributed by atoms with E-state index in [1.54, 1.807) is 18.2 Å². The number of primary amides is 1. The predicted octanol–water partition coefficient (Wildman–Crippen LogP) is 1.02. The monoisotopic (exact) mass is 272 g/mol.